The maximum Gasteiger partial charge on any atom is 0.263 e. The molecule has 2 saturated heterocycles. The third-order valence-corrected chi connectivity index (χ3v) is 8.13. The fourth-order valence-corrected chi connectivity index (χ4v) is 5.50. The number of pyridine rings is 1. The minimum absolute atomic E-state index is 0.0261. The number of piperidine rings is 1. The Balaban J connectivity index is 1.40. The summed E-state index contributed by atoms with van der Waals surface area (Å²) in [4.78, 5) is 19.9. The van der Waals surface area contributed by atoms with Crippen molar-refractivity contribution in [3.05, 3.63) is 46.6 Å². The van der Waals surface area contributed by atoms with E-state index in [4.69, 9.17) is 27.9 Å². The van der Waals surface area contributed by atoms with E-state index in [1.165, 1.54) is 12.5 Å². The van der Waals surface area contributed by atoms with E-state index in [1.807, 2.05) is 0 Å². The highest BCUT2D eigenvalue weighted by Crippen LogP contribution is 2.39. The average molecular weight is 512 g/mol. The van der Waals surface area contributed by atoms with Crippen molar-refractivity contribution in [1.29, 1.82) is 0 Å². The van der Waals surface area contributed by atoms with E-state index in [0.717, 1.165) is 31.5 Å². The summed E-state index contributed by atoms with van der Waals surface area (Å²) in [7, 11) is -3.28. The number of anilines is 1. The molecular formula is C23H27Cl2N3O4S. The van der Waals surface area contributed by atoms with E-state index in [2.05, 4.69) is 15.2 Å². The van der Waals surface area contributed by atoms with Gasteiger partial charge < -0.3 is 15.0 Å². The number of hydrogen-bond donors (Lipinski definition) is 1. The second kappa shape index (κ2) is 8.96. The highest BCUT2D eigenvalue weighted by atomic mass is 35.5. The number of benzene rings is 1. The lowest BCUT2D eigenvalue weighted by Gasteiger charge is -2.40. The van der Waals surface area contributed by atoms with Crippen LogP contribution in [-0.4, -0.2) is 49.3 Å². The molecule has 1 N–H and O–H groups in total. The molecule has 2 atom stereocenters. The van der Waals surface area contributed by atoms with Crippen molar-refractivity contribution >= 4 is 44.8 Å². The molecule has 33 heavy (non-hydrogen) atoms. The number of nitrogens with one attached hydrogen (secondary N) is 1. The second-order valence-corrected chi connectivity index (χ2v) is 12.1. The van der Waals surface area contributed by atoms with Gasteiger partial charge in [-0.2, -0.15) is 0 Å². The van der Waals surface area contributed by atoms with E-state index < -0.39 is 15.4 Å². The lowest BCUT2D eigenvalue weighted by Crippen LogP contribution is -2.55. The number of halogens is 2. The third-order valence-electron chi connectivity index (χ3n) is 6.29. The molecule has 2 unspecified atom stereocenters. The molecule has 0 spiro atoms. The molecule has 10 heteroatoms. The molecular weight excluding hydrogens is 485 g/mol. The van der Waals surface area contributed by atoms with Gasteiger partial charge in [-0.15, -0.1) is 0 Å². The van der Waals surface area contributed by atoms with Crippen molar-refractivity contribution in [3.8, 4) is 5.75 Å². The molecule has 7 nitrogen and oxygen atoms in total. The molecule has 1 aromatic heterocycles. The van der Waals surface area contributed by atoms with Gasteiger partial charge in [-0.1, -0.05) is 23.2 Å². The summed E-state index contributed by atoms with van der Waals surface area (Å²) in [5.74, 6) is 1.06. The second-order valence-electron chi connectivity index (χ2n) is 9.25. The zero-order chi connectivity index (χ0) is 24.0. The van der Waals surface area contributed by atoms with E-state index in [9.17, 15) is 13.2 Å². The monoisotopic (exact) mass is 511 g/mol. The first-order valence-electron chi connectivity index (χ1n) is 10.8. The van der Waals surface area contributed by atoms with Crippen LogP contribution in [0.25, 0.3) is 0 Å². The van der Waals surface area contributed by atoms with Crippen LogP contribution in [0, 0.1) is 0 Å². The van der Waals surface area contributed by atoms with Crippen molar-refractivity contribution in [3.63, 3.8) is 0 Å². The molecule has 2 aliphatic rings. The van der Waals surface area contributed by atoms with Gasteiger partial charge in [-0.25, -0.2) is 13.4 Å². The van der Waals surface area contributed by atoms with Gasteiger partial charge in [0.1, 0.15) is 11.6 Å². The summed E-state index contributed by atoms with van der Waals surface area (Å²) >= 11 is 12.0. The number of hydrogen-bond acceptors (Lipinski definition) is 6. The summed E-state index contributed by atoms with van der Waals surface area (Å²) < 4.78 is 29.4. The first-order valence-corrected chi connectivity index (χ1v) is 13.5. The number of carbonyl (C=O) groups is 1. The summed E-state index contributed by atoms with van der Waals surface area (Å²) in [6.07, 6.45) is 6.20. The topological polar surface area (TPSA) is 88.6 Å². The van der Waals surface area contributed by atoms with Crippen molar-refractivity contribution in [1.82, 2.24) is 10.3 Å². The number of rotatable bonds is 6. The van der Waals surface area contributed by atoms with Crippen LogP contribution in [0.5, 0.6) is 5.75 Å². The van der Waals surface area contributed by atoms with Gasteiger partial charge in [0.25, 0.3) is 5.91 Å². The fraction of sp³-hybridized carbons (Fsp3) is 0.478. The Bertz CT molecular complexity index is 1140. The summed E-state index contributed by atoms with van der Waals surface area (Å²) in [6, 6.07) is 8.80. The van der Waals surface area contributed by atoms with Gasteiger partial charge in [0.05, 0.1) is 14.9 Å². The van der Waals surface area contributed by atoms with Crippen LogP contribution in [0.4, 0.5) is 5.82 Å². The molecule has 178 valence electrons. The van der Waals surface area contributed by atoms with Gasteiger partial charge >= 0.3 is 0 Å². The lowest BCUT2D eigenvalue weighted by atomic mass is 9.96. The number of nitrogens with zero attached hydrogens (tertiary/aromatic N) is 2. The van der Waals surface area contributed by atoms with Crippen molar-refractivity contribution in [2.75, 3.05) is 11.2 Å². The fourth-order valence-electron chi connectivity index (χ4n) is 4.65. The van der Waals surface area contributed by atoms with Crippen LogP contribution in [-0.2, 0) is 14.6 Å². The predicted octanol–water partition coefficient (Wildman–Crippen LogP) is 4.27. The first kappa shape index (κ1) is 24.1. The van der Waals surface area contributed by atoms with E-state index in [1.54, 1.807) is 44.2 Å². The number of sulfone groups is 1. The summed E-state index contributed by atoms with van der Waals surface area (Å²) in [6.45, 7) is 3.45. The number of ether oxygens (including phenoxy) is 1. The third kappa shape index (κ3) is 5.23. The molecule has 1 amide bonds. The molecule has 1 aromatic carbocycles. The van der Waals surface area contributed by atoms with Crippen LogP contribution >= 0.6 is 23.2 Å². The quantitative estimate of drug-likeness (QED) is 0.622. The van der Waals surface area contributed by atoms with Crippen LogP contribution in [0.2, 0.25) is 10.0 Å². The number of fused-ring (bicyclic) bond motifs is 2. The Morgan fingerprint density at radius 3 is 2.33 bits per heavy atom. The number of carbonyl (C=O) groups excluding carboxylic acids is 1. The highest BCUT2D eigenvalue weighted by Gasteiger charge is 2.43. The minimum Gasteiger partial charge on any atom is -0.478 e. The normalized spacial score (nSPS) is 22.8. The summed E-state index contributed by atoms with van der Waals surface area (Å²) in [5, 5.41) is 3.95. The molecule has 0 aliphatic carbocycles. The molecule has 2 bridgehead atoms. The number of aromatic nitrogens is 1. The van der Waals surface area contributed by atoms with Crippen LogP contribution < -0.4 is 15.0 Å². The van der Waals surface area contributed by atoms with Gasteiger partial charge in [0.15, 0.2) is 15.4 Å². The largest absolute Gasteiger partial charge is 0.478 e. The van der Waals surface area contributed by atoms with Gasteiger partial charge in [0, 0.05) is 36.6 Å². The van der Waals surface area contributed by atoms with Gasteiger partial charge in [-0.05, 0) is 63.8 Å². The van der Waals surface area contributed by atoms with Gasteiger partial charge in [-0.3, -0.25) is 4.79 Å². The van der Waals surface area contributed by atoms with Crippen LogP contribution in [0.3, 0.4) is 0 Å². The lowest BCUT2D eigenvalue weighted by molar-refractivity contribution is -0.135. The minimum atomic E-state index is -3.28. The van der Waals surface area contributed by atoms with E-state index in [0.29, 0.717) is 15.8 Å². The molecule has 2 fully saturated rings. The predicted molar refractivity (Wildman–Crippen MR) is 129 cm³/mol. The first-order chi connectivity index (χ1) is 15.4. The smallest absolute Gasteiger partial charge is 0.263 e. The van der Waals surface area contributed by atoms with Crippen molar-refractivity contribution in [2.24, 2.45) is 0 Å². The summed E-state index contributed by atoms with van der Waals surface area (Å²) in [5.41, 5.74) is -1.09. The Morgan fingerprint density at radius 2 is 1.79 bits per heavy atom. The molecule has 4 rings (SSSR count). The Hall–Kier alpha value is -2.03. The average Bonchev–Trinajstić information content (AvgIpc) is 3.00. The van der Waals surface area contributed by atoms with Crippen molar-refractivity contribution in [2.45, 2.75) is 68.2 Å². The Morgan fingerprint density at radius 1 is 1.12 bits per heavy atom. The maximum atomic E-state index is 13.0. The zero-order valence-corrected chi connectivity index (χ0v) is 21.0. The number of amides is 1. The van der Waals surface area contributed by atoms with E-state index in [-0.39, 0.29) is 28.9 Å². The van der Waals surface area contributed by atoms with Crippen molar-refractivity contribution < 1.29 is 17.9 Å². The Kier molecular flexibility index (Phi) is 6.55. The van der Waals surface area contributed by atoms with Crippen LogP contribution in [0.15, 0.2) is 41.4 Å². The van der Waals surface area contributed by atoms with E-state index >= 15 is 0 Å². The Labute approximate surface area is 204 Å². The zero-order valence-electron chi connectivity index (χ0n) is 18.7. The standard InChI is InChI=1S/C23H27Cl2N3O4S/c1-23(2,32-17-6-8-19(24)20(25)12-17)22(29)27-14-10-15-4-5-16(11-14)28(15)21-9-7-18(13-26-21)33(3,30)31/h6-9,12-16H,4-5,10-11H2,1-3H3,(H,27,29). The molecule has 2 aromatic rings. The molecule has 0 radical (unpaired) electrons. The maximum absolute atomic E-state index is 13.0. The highest BCUT2D eigenvalue weighted by molar-refractivity contribution is 7.90. The molecule has 3 heterocycles. The molecule has 0 saturated carbocycles. The van der Waals surface area contributed by atoms with Crippen LogP contribution in [0.1, 0.15) is 39.5 Å². The van der Waals surface area contributed by atoms with Gasteiger partial charge in [0.2, 0.25) is 0 Å². The SMILES string of the molecule is CC(C)(Oc1ccc(Cl)c(Cl)c1)C(=O)NC1CC2CCC(C1)N2c1ccc(S(C)(=O)=O)cn1. The molecule has 2 aliphatic heterocycles.